The summed E-state index contributed by atoms with van der Waals surface area (Å²) in [4.78, 5) is 23.0. The molecule has 2 amide bonds. The summed E-state index contributed by atoms with van der Waals surface area (Å²) in [7, 11) is 0. The van der Waals surface area contributed by atoms with E-state index in [1.54, 1.807) is 24.3 Å². The lowest BCUT2D eigenvalue weighted by Gasteiger charge is -2.07. The van der Waals surface area contributed by atoms with E-state index in [0.29, 0.717) is 17.0 Å². The fourth-order valence-corrected chi connectivity index (χ4v) is 1.52. The standard InChI is InChI=1S/C13H17ClN2O2/c1-2-3-4-5-12(17)15-16-13(18)10-6-8-11(14)9-7-10/h6-9H,2-5H2,1H3,(H,15,17)(H,16,18). The lowest BCUT2D eigenvalue weighted by atomic mass is 10.2. The average Bonchev–Trinajstić information content (AvgIpc) is 2.37. The minimum atomic E-state index is -0.351. The molecule has 0 unspecified atom stereocenters. The molecule has 0 aromatic heterocycles. The summed E-state index contributed by atoms with van der Waals surface area (Å²) < 4.78 is 0. The second-order valence-corrected chi connectivity index (χ2v) is 4.40. The molecule has 18 heavy (non-hydrogen) atoms. The van der Waals surface area contributed by atoms with Crippen LogP contribution in [0.2, 0.25) is 5.02 Å². The third-order valence-electron chi connectivity index (χ3n) is 2.43. The summed E-state index contributed by atoms with van der Waals surface area (Å²) in [5, 5.41) is 0.565. The fraction of sp³-hybridized carbons (Fsp3) is 0.385. The Morgan fingerprint density at radius 1 is 1.11 bits per heavy atom. The number of hydrogen-bond acceptors (Lipinski definition) is 2. The Hall–Kier alpha value is -1.55. The molecular formula is C13H17ClN2O2. The molecule has 0 heterocycles. The zero-order valence-electron chi connectivity index (χ0n) is 10.3. The molecule has 98 valence electrons. The number of unbranched alkanes of at least 4 members (excludes halogenated alkanes) is 2. The SMILES string of the molecule is CCCCCC(=O)NNC(=O)c1ccc(Cl)cc1. The maximum Gasteiger partial charge on any atom is 0.269 e. The highest BCUT2D eigenvalue weighted by atomic mass is 35.5. The predicted octanol–water partition coefficient (Wildman–Crippen LogP) is 2.68. The summed E-state index contributed by atoms with van der Waals surface area (Å²) in [5.41, 5.74) is 5.20. The number of hydrazine groups is 1. The minimum absolute atomic E-state index is 0.175. The summed E-state index contributed by atoms with van der Waals surface area (Å²) in [6.45, 7) is 2.07. The van der Waals surface area contributed by atoms with Gasteiger partial charge in [0.1, 0.15) is 0 Å². The molecule has 0 bridgehead atoms. The molecule has 2 N–H and O–H groups in total. The van der Waals surface area contributed by atoms with E-state index < -0.39 is 0 Å². The minimum Gasteiger partial charge on any atom is -0.273 e. The molecule has 0 atom stereocenters. The van der Waals surface area contributed by atoms with E-state index in [1.165, 1.54) is 0 Å². The molecule has 0 aliphatic rings. The Morgan fingerprint density at radius 2 is 1.78 bits per heavy atom. The van der Waals surface area contributed by atoms with Gasteiger partial charge < -0.3 is 0 Å². The van der Waals surface area contributed by atoms with Crippen LogP contribution in [0.1, 0.15) is 43.0 Å². The Bertz CT molecular complexity index is 404. The van der Waals surface area contributed by atoms with Crippen molar-refractivity contribution in [1.82, 2.24) is 10.9 Å². The Labute approximate surface area is 112 Å². The zero-order valence-corrected chi connectivity index (χ0v) is 11.1. The van der Waals surface area contributed by atoms with Crippen molar-refractivity contribution in [2.45, 2.75) is 32.6 Å². The van der Waals surface area contributed by atoms with Gasteiger partial charge in [0, 0.05) is 17.0 Å². The van der Waals surface area contributed by atoms with Crippen LogP contribution >= 0.6 is 11.6 Å². The van der Waals surface area contributed by atoms with Gasteiger partial charge in [0.15, 0.2) is 0 Å². The number of benzene rings is 1. The lowest BCUT2D eigenvalue weighted by molar-refractivity contribution is -0.121. The van der Waals surface area contributed by atoms with Crippen molar-refractivity contribution in [2.75, 3.05) is 0 Å². The molecule has 0 saturated carbocycles. The molecule has 1 rings (SSSR count). The van der Waals surface area contributed by atoms with Crippen molar-refractivity contribution in [3.63, 3.8) is 0 Å². The first-order valence-electron chi connectivity index (χ1n) is 5.98. The van der Waals surface area contributed by atoms with Crippen LogP contribution in [-0.2, 0) is 4.79 Å². The van der Waals surface area contributed by atoms with Crippen LogP contribution in [0.25, 0.3) is 0 Å². The highest BCUT2D eigenvalue weighted by Gasteiger charge is 2.06. The average molecular weight is 269 g/mol. The second-order valence-electron chi connectivity index (χ2n) is 3.97. The lowest BCUT2D eigenvalue weighted by Crippen LogP contribution is -2.41. The number of halogens is 1. The van der Waals surface area contributed by atoms with Crippen molar-refractivity contribution in [3.8, 4) is 0 Å². The first-order valence-corrected chi connectivity index (χ1v) is 6.36. The Kier molecular flexibility index (Phi) is 6.22. The third-order valence-corrected chi connectivity index (χ3v) is 2.68. The van der Waals surface area contributed by atoms with Crippen LogP contribution in [0.3, 0.4) is 0 Å². The van der Waals surface area contributed by atoms with Crippen molar-refractivity contribution < 1.29 is 9.59 Å². The van der Waals surface area contributed by atoms with Gasteiger partial charge in [-0.2, -0.15) is 0 Å². The van der Waals surface area contributed by atoms with Gasteiger partial charge in [0.05, 0.1) is 0 Å². The van der Waals surface area contributed by atoms with E-state index in [9.17, 15) is 9.59 Å². The van der Waals surface area contributed by atoms with E-state index in [2.05, 4.69) is 17.8 Å². The van der Waals surface area contributed by atoms with Gasteiger partial charge in [-0.3, -0.25) is 20.4 Å². The topological polar surface area (TPSA) is 58.2 Å². The molecule has 0 aliphatic heterocycles. The van der Waals surface area contributed by atoms with Crippen LogP contribution < -0.4 is 10.9 Å². The summed E-state index contributed by atoms with van der Waals surface area (Å²) in [5.74, 6) is -0.527. The van der Waals surface area contributed by atoms with E-state index in [1.807, 2.05) is 0 Å². The van der Waals surface area contributed by atoms with Crippen LogP contribution in [0, 0.1) is 0 Å². The molecule has 1 aromatic carbocycles. The van der Waals surface area contributed by atoms with Gasteiger partial charge in [-0.25, -0.2) is 0 Å². The maximum absolute atomic E-state index is 11.6. The summed E-state index contributed by atoms with van der Waals surface area (Å²) in [6, 6.07) is 6.45. The monoisotopic (exact) mass is 268 g/mol. The molecule has 0 radical (unpaired) electrons. The van der Waals surface area contributed by atoms with Crippen LogP contribution in [-0.4, -0.2) is 11.8 Å². The molecular weight excluding hydrogens is 252 g/mol. The second kappa shape index (κ2) is 7.71. The van der Waals surface area contributed by atoms with Crippen LogP contribution in [0.15, 0.2) is 24.3 Å². The zero-order chi connectivity index (χ0) is 13.4. The van der Waals surface area contributed by atoms with Gasteiger partial charge in [-0.1, -0.05) is 31.4 Å². The number of carbonyl (C=O) groups excluding carboxylic acids is 2. The van der Waals surface area contributed by atoms with Crippen molar-refractivity contribution in [3.05, 3.63) is 34.9 Å². The molecule has 4 nitrogen and oxygen atoms in total. The summed E-state index contributed by atoms with van der Waals surface area (Å²) in [6.07, 6.45) is 3.33. The third kappa shape index (κ3) is 5.19. The maximum atomic E-state index is 11.6. The number of rotatable bonds is 5. The smallest absolute Gasteiger partial charge is 0.269 e. The molecule has 0 aliphatic carbocycles. The van der Waals surface area contributed by atoms with E-state index in [0.717, 1.165) is 19.3 Å². The highest BCUT2D eigenvalue weighted by Crippen LogP contribution is 2.09. The van der Waals surface area contributed by atoms with Gasteiger partial charge in [0.2, 0.25) is 5.91 Å². The predicted molar refractivity (Wildman–Crippen MR) is 71.2 cm³/mol. The van der Waals surface area contributed by atoms with E-state index >= 15 is 0 Å². The molecule has 1 aromatic rings. The van der Waals surface area contributed by atoms with E-state index in [-0.39, 0.29) is 11.8 Å². The molecule has 0 spiro atoms. The van der Waals surface area contributed by atoms with E-state index in [4.69, 9.17) is 11.6 Å². The van der Waals surface area contributed by atoms with Crippen LogP contribution in [0.5, 0.6) is 0 Å². The van der Waals surface area contributed by atoms with Gasteiger partial charge in [0.25, 0.3) is 5.91 Å². The molecule has 5 heteroatoms. The normalized spacial score (nSPS) is 9.89. The first-order chi connectivity index (χ1) is 8.63. The van der Waals surface area contributed by atoms with Crippen molar-refractivity contribution in [2.24, 2.45) is 0 Å². The van der Waals surface area contributed by atoms with Crippen LogP contribution in [0.4, 0.5) is 0 Å². The molecule has 0 fully saturated rings. The first kappa shape index (κ1) is 14.5. The molecule has 0 saturated heterocycles. The largest absolute Gasteiger partial charge is 0.273 e. The highest BCUT2D eigenvalue weighted by molar-refractivity contribution is 6.30. The summed E-state index contributed by atoms with van der Waals surface area (Å²) >= 11 is 5.71. The number of hydrogen-bond donors (Lipinski definition) is 2. The van der Waals surface area contributed by atoms with Gasteiger partial charge in [-0.05, 0) is 30.7 Å². The fourth-order valence-electron chi connectivity index (χ4n) is 1.40. The number of carbonyl (C=O) groups is 2. The Balaban J connectivity index is 2.32. The number of amides is 2. The van der Waals surface area contributed by atoms with Crippen molar-refractivity contribution in [1.29, 1.82) is 0 Å². The van der Waals surface area contributed by atoms with Crippen molar-refractivity contribution >= 4 is 23.4 Å². The quantitative estimate of drug-likeness (QED) is 0.637. The Morgan fingerprint density at radius 3 is 2.39 bits per heavy atom. The van der Waals surface area contributed by atoms with Gasteiger partial charge >= 0.3 is 0 Å². The number of nitrogens with one attached hydrogen (secondary N) is 2. The van der Waals surface area contributed by atoms with Gasteiger partial charge in [-0.15, -0.1) is 0 Å².